The largest absolute Gasteiger partial charge is 0.298 e. The minimum atomic E-state index is 0.160. The number of hydrogen-bond donors (Lipinski definition) is 0. The van der Waals surface area contributed by atoms with E-state index >= 15 is 0 Å². The molecule has 0 unspecified atom stereocenters. The summed E-state index contributed by atoms with van der Waals surface area (Å²) in [6.45, 7) is 0. The van der Waals surface area contributed by atoms with E-state index in [0.717, 1.165) is 16.5 Å². The van der Waals surface area contributed by atoms with E-state index in [9.17, 15) is 4.79 Å². The number of alkyl halides is 2. The first-order chi connectivity index (χ1) is 6.67. The van der Waals surface area contributed by atoms with Crippen LogP contribution in [-0.4, -0.2) is 11.1 Å². The third-order valence-corrected chi connectivity index (χ3v) is 3.39. The van der Waals surface area contributed by atoms with E-state index in [-0.39, 0.29) is 5.78 Å². The van der Waals surface area contributed by atoms with Crippen LogP contribution in [0.25, 0.3) is 0 Å². The molecule has 1 rings (SSSR count). The zero-order valence-electron chi connectivity index (χ0n) is 7.40. The molecular weight excluding hydrogens is 331 g/mol. The first kappa shape index (κ1) is 12.2. The standard InChI is InChI=1S/C10H9Br2ClO/c11-5-8-2-1-7(4-10(8)13)3-9(14)6-12/h1-2,4H,3,5-6H2. The molecule has 76 valence electrons. The molecule has 0 aliphatic heterocycles. The molecule has 4 heteroatoms. The molecule has 1 aromatic rings. The van der Waals surface area contributed by atoms with Gasteiger partial charge in [0.25, 0.3) is 0 Å². The lowest BCUT2D eigenvalue weighted by Crippen LogP contribution is -2.03. The molecule has 0 saturated carbocycles. The minimum Gasteiger partial charge on any atom is -0.298 e. The van der Waals surface area contributed by atoms with Crippen molar-refractivity contribution in [2.75, 3.05) is 5.33 Å². The molecular formula is C10H9Br2ClO. The molecule has 0 aliphatic carbocycles. The third-order valence-electron chi connectivity index (χ3n) is 1.81. The monoisotopic (exact) mass is 338 g/mol. The Morgan fingerprint density at radius 1 is 1.36 bits per heavy atom. The number of benzene rings is 1. The lowest BCUT2D eigenvalue weighted by Gasteiger charge is -2.03. The van der Waals surface area contributed by atoms with Gasteiger partial charge in [0.1, 0.15) is 5.78 Å². The van der Waals surface area contributed by atoms with Crippen LogP contribution in [0.5, 0.6) is 0 Å². The zero-order valence-corrected chi connectivity index (χ0v) is 11.3. The highest BCUT2D eigenvalue weighted by atomic mass is 79.9. The summed E-state index contributed by atoms with van der Waals surface area (Å²) >= 11 is 12.5. The fraction of sp³-hybridized carbons (Fsp3) is 0.300. The molecule has 0 aliphatic rings. The van der Waals surface area contributed by atoms with Crippen molar-refractivity contribution in [1.29, 1.82) is 0 Å². The second-order valence-corrected chi connectivity index (χ2v) is 4.44. The van der Waals surface area contributed by atoms with Crippen molar-refractivity contribution in [1.82, 2.24) is 0 Å². The topological polar surface area (TPSA) is 17.1 Å². The lowest BCUT2D eigenvalue weighted by molar-refractivity contribution is -0.115. The van der Waals surface area contributed by atoms with Crippen LogP contribution in [0, 0.1) is 0 Å². The first-order valence-corrected chi connectivity index (χ1v) is 6.70. The number of halogens is 3. The van der Waals surface area contributed by atoms with Crippen molar-refractivity contribution in [2.45, 2.75) is 11.8 Å². The molecule has 0 atom stereocenters. The number of Topliss-reactive ketones (excluding diaryl/α,β-unsaturated/α-hetero) is 1. The number of rotatable bonds is 4. The van der Waals surface area contributed by atoms with Crippen LogP contribution in [0.2, 0.25) is 5.02 Å². The number of ketones is 1. The van der Waals surface area contributed by atoms with Gasteiger partial charge in [-0.2, -0.15) is 0 Å². The quantitative estimate of drug-likeness (QED) is 0.763. The molecule has 0 bridgehead atoms. The SMILES string of the molecule is O=C(CBr)Cc1ccc(CBr)c(Cl)c1. The zero-order chi connectivity index (χ0) is 10.6. The van der Waals surface area contributed by atoms with E-state index in [1.807, 2.05) is 18.2 Å². The summed E-state index contributed by atoms with van der Waals surface area (Å²) < 4.78 is 0. The Kier molecular flexibility index (Phi) is 5.13. The molecule has 14 heavy (non-hydrogen) atoms. The molecule has 0 N–H and O–H groups in total. The van der Waals surface area contributed by atoms with Gasteiger partial charge in [0.05, 0.1) is 5.33 Å². The van der Waals surface area contributed by atoms with Gasteiger partial charge in [-0.05, 0) is 17.2 Å². The Balaban J connectivity index is 2.81. The van der Waals surface area contributed by atoms with Crippen LogP contribution >= 0.6 is 43.5 Å². The van der Waals surface area contributed by atoms with Crippen LogP contribution < -0.4 is 0 Å². The second-order valence-electron chi connectivity index (χ2n) is 2.91. The van der Waals surface area contributed by atoms with Crippen LogP contribution in [0.15, 0.2) is 18.2 Å². The van der Waals surface area contributed by atoms with Gasteiger partial charge in [0.15, 0.2) is 0 Å². The molecule has 0 radical (unpaired) electrons. The summed E-state index contributed by atoms with van der Waals surface area (Å²) in [4.78, 5) is 11.1. The van der Waals surface area contributed by atoms with Crippen molar-refractivity contribution in [3.05, 3.63) is 34.3 Å². The number of carbonyl (C=O) groups is 1. The Labute approximate surface area is 105 Å². The Bertz CT molecular complexity index is 339. The fourth-order valence-corrected chi connectivity index (χ4v) is 2.20. The van der Waals surface area contributed by atoms with E-state index < -0.39 is 0 Å². The van der Waals surface area contributed by atoms with Crippen LogP contribution in [0.1, 0.15) is 11.1 Å². The van der Waals surface area contributed by atoms with Gasteiger partial charge in [-0.25, -0.2) is 0 Å². The van der Waals surface area contributed by atoms with Gasteiger partial charge < -0.3 is 0 Å². The molecule has 0 fully saturated rings. The maximum Gasteiger partial charge on any atom is 0.147 e. The summed E-state index contributed by atoms with van der Waals surface area (Å²) in [5.74, 6) is 0.160. The third kappa shape index (κ3) is 3.37. The van der Waals surface area contributed by atoms with Crippen molar-refractivity contribution < 1.29 is 4.79 Å². The molecule has 1 aromatic carbocycles. The highest BCUT2D eigenvalue weighted by Gasteiger charge is 2.04. The molecule has 0 saturated heterocycles. The summed E-state index contributed by atoms with van der Waals surface area (Å²) in [6, 6.07) is 5.72. The minimum absolute atomic E-state index is 0.160. The second kappa shape index (κ2) is 5.89. The molecule has 0 spiro atoms. The first-order valence-electron chi connectivity index (χ1n) is 4.08. The van der Waals surface area contributed by atoms with Crippen molar-refractivity contribution in [3.8, 4) is 0 Å². The predicted octanol–water partition coefficient (Wildman–Crippen LogP) is 3.74. The van der Waals surface area contributed by atoms with E-state index in [4.69, 9.17) is 11.6 Å². The number of hydrogen-bond acceptors (Lipinski definition) is 1. The lowest BCUT2D eigenvalue weighted by atomic mass is 10.1. The van der Waals surface area contributed by atoms with Gasteiger partial charge in [0, 0.05) is 16.8 Å². The molecule has 0 aromatic heterocycles. The summed E-state index contributed by atoms with van der Waals surface area (Å²) in [5.41, 5.74) is 2.01. The van der Waals surface area contributed by atoms with Crippen molar-refractivity contribution in [2.24, 2.45) is 0 Å². The highest BCUT2D eigenvalue weighted by Crippen LogP contribution is 2.20. The predicted molar refractivity (Wildman–Crippen MR) is 66.6 cm³/mol. The maximum absolute atomic E-state index is 11.1. The van der Waals surface area contributed by atoms with Crippen LogP contribution in [0.4, 0.5) is 0 Å². The van der Waals surface area contributed by atoms with Crippen LogP contribution in [-0.2, 0) is 16.5 Å². The normalized spacial score (nSPS) is 10.2. The summed E-state index contributed by atoms with van der Waals surface area (Å²) in [6.07, 6.45) is 0.438. The van der Waals surface area contributed by atoms with Gasteiger partial charge in [-0.1, -0.05) is 55.6 Å². The van der Waals surface area contributed by atoms with Gasteiger partial charge >= 0.3 is 0 Å². The van der Waals surface area contributed by atoms with E-state index in [1.54, 1.807) is 0 Å². The summed E-state index contributed by atoms with van der Waals surface area (Å²) in [7, 11) is 0. The highest BCUT2D eigenvalue weighted by molar-refractivity contribution is 9.09. The Morgan fingerprint density at radius 2 is 2.07 bits per heavy atom. The van der Waals surface area contributed by atoms with Crippen molar-refractivity contribution >= 4 is 49.2 Å². The van der Waals surface area contributed by atoms with Gasteiger partial charge in [-0.15, -0.1) is 0 Å². The molecule has 0 heterocycles. The maximum atomic E-state index is 11.1. The van der Waals surface area contributed by atoms with E-state index in [0.29, 0.717) is 16.8 Å². The van der Waals surface area contributed by atoms with Crippen molar-refractivity contribution in [3.63, 3.8) is 0 Å². The van der Waals surface area contributed by atoms with Gasteiger partial charge in [0.2, 0.25) is 0 Å². The van der Waals surface area contributed by atoms with Crippen LogP contribution in [0.3, 0.4) is 0 Å². The average molecular weight is 340 g/mol. The smallest absolute Gasteiger partial charge is 0.147 e. The Hall–Kier alpha value is 0.140. The van der Waals surface area contributed by atoms with E-state index in [2.05, 4.69) is 31.9 Å². The average Bonchev–Trinajstić information content (AvgIpc) is 2.18. The number of carbonyl (C=O) groups excluding carboxylic acids is 1. The molecule has 0 amide bonds. The molecule has 1 nitrogen and oxygen atoms in total. The summed E-state index contributed by atoms with van der Waals surface area (Å²) in [5, 5.41) is 1.84. The van der Waals surface area contributed by atoms with Gasteiger partial charge in [-0.3, -0.25) is 4.79 Å². The van der Waals surface area contributed by atoms with E-state index in [1.165, 1.54) is 0 Å². The fourth-order valence-electron chi connectivity index (χ4n) is 1.08. The Morgan fingerprint density at radius 3 is 2.57 bits per heavy atom.